The van der Waals surface area contributed by atoms with Gasteiger partial charge < -0.3 is 52.5 Å². The van der Waals surface area contributed by atoms with Crippen molar-refractivity contribution in [3.63, 3.8) is 0 Å². The normalized spacial score (nSPS) is 22.4. The summed E-state index contributed by atoms with van der Waals surface area (Å²) in [6.07, 6.45) is -18.9. The van der Waals surface area contributed by atoms with E-state index >= 15 is 0 Å². The lowest BCUT2D eigenvalue weighted by Crippen LogP contribution is -2.66. The standard InChI is InChI=1S/C61H50O18/c62-47-45(36-70-53(63)38-22-8-1-9-23-38)72-60(51(77-58(68)43-32-18-6-19-33-43)49(47)75-56(66)41-28-14-4-15-29-41)79-61-52(78-59(69)44-34-20-7-21-35-44)50(76-57(67)42-30-16-5-17-31-42)48(74-55(65)40-26-12-3-13-27-40)46(73-61)37-71-54(64)39-24-10-2-11-25-39/h1-35,45-52,60-62H,36-37H2/t45-,46-,47-,48+,49+,50+,51-,52-,60-,61+/m1/s1. The predicted molar refractivity (Wildman–Crippen MR) is 276 cm³/mol. The zero-order valence-corrected chi connectivity index (χ0v) is 41.8. The van der Waals surface area contributed by atoms with Crippen LogP contribution in [0.2, 0.25) is 0 Å². The number of hydrogen-bond donors (Lipinski definition) is 1. The molecule has 9 rings (SSSR count). The van der Waals surface area contributed by atoms with Crippen LogP contribution in [0.25, 0.3) is 0 Å². The minimum atomic E-state index is -2.08. The van der Waals surface area contributed by atoms with Gasteiger partial charge in [-0.25, -0.2) is 33.6 Å². The van der Waals surface area contributed by atoms with E-state index in [-0.39, 0.29) is 38.9 Å². The first-order valence-electron chi connectivity index (χ1n) is 24.9. The van der Waals surface area contributed by atoms with E-state index < -0.39 is 116 Å². The summed E-state index contributed by atoms with van der Waals surface area (Å²) in [5, 5.41) is 12.2. The summed E-state index contributed by atoms with van der Waals surface area (Å²) in [4.78, 5) is 98.2. The molecule has 0 aromatic heterocycles. The summed E-state index contributed by atoms with van der Waals surface area (Å²) in [5.74, 6) is -6.69. The van der Waals surface area contributed by atoms with Gasteiger partial charge in [-0.3, -0.25) is 0 Å². The predicted octanol–water partition coefficient (Wildman–Crippen LogP) is 7.66. The van der Waals surface area contributed by atoms with Crippen molar-refractivity contribution >= 4 is 41.8 Å². The van der Waals surface area contributed by atoms with E-state index in [1.54, 1.807) is 127 Å². The Kier molecular flexibility index (Phi) is 18.0. The third kappa shape index (κ3) is 13.8. The number of aliphatic hydroxyl groups excluding tert-OH is 1. The highest BCUT2D eigenvalue weighted by Crippen LogP contribution is 2.36. The first kappa shape index (κ1) is 54.5. The van der Waals surface area contributed by atoms with Crippen LogP contribution in [0.4, 0.5) is 0 Å². The van der Waals surface area contributed by atoms with Crippen LogP contribution in [0, 0.1) is 0 Å². The highest BCUT2D eigenvalue weighted by molar-refractivity contribution is 5.93. The molecule has 2 fully saturated rings. The van der Waals surface area contributed by atoms with E-state index in [1.165, 1.54) is 84.9 Å². The van der Waals surface area contributed by atoms with Gasteiger partial charge in [-0.1, -0.05) is 127 Å². The molecule has 2 heterocycles. The van der Waals surface area contributed by atoms with E-state index in [0.29, 0.717) is 0 Å². The number of esters is 7. The molecule has 10 atom stereocenters. The maximum atomic E-state index is 14.4. The zero-order valence-electron chi connectivity index (χ0n) is 41.8. The van der Waals surface area contributed by atoms with Gasteiger partial charge in [0, 0.05) is 0 Å². The summed E-state index contributed by atoms with van der Waals surface area (Å²) < 4.78 is 61.9. The van der Waals surface area contributed by atoms with Crippen molar-refractivity contribution in [2.75, 3.05) is 13.2 Å². The quantitative estimate of drug-likeness (QED) is 0.0642. The van der Waals surface area contributed by atoms with Gasteiger partial charge in [0.15, 0.2) is 30.5 Å². The molecule has 2 saturated heterocycles. The molecule has 18 heteroatoms. The zero-order chi connectivity index (χ0) is 55.1. The second kappa shape index (κ2) is 26.1. The molecule has 402 valence electrons. The maximum Gasteiger partial charge on any atom is 0.338 e. The summed E-state index contributed by atoms with van der Waals surface area (Å²) >= 11 is 0. The topological polar surface area (TPSA) is 232 Å². The number of carbonyl (C=O) groups excluding carboxylic acids is 7. The van der Waals surface area contributed by atoms with Crippen molar-refractivity contribution in [3.8, 4) is 0 Å². The molecule has 0 aliphatic carbocycles. The minimum absolute atomic E-state index is 0.00244. The highest BCUT2D eigenvalue weighted by Gasteiger charge is 2.58. The molecule has 18 nitrogen and oxygen atoms in total. The molecular formula is C61H50O18. The van der Waals surface area contributed by atoms with Gasteiger partial charge in [0.1, 0.15) is 31.5 Å². The summed E-state index contributed by atoms with van der Waals surface area (Å²) in [6.45, 7) is -1.47. The Labute approximate surface area is 452 Å². The molecule has 1 N–H and O–H groups in total. The lowest BCUT2D eigenvalue weighted by atomic mass is 9.96. The van der Waals surface area contributed by atoms with Crippen molar-refractivity contribution in [1.29, 1.82) is 0 Å². The second-order valence-electron chi connectivity index (χ2n) is 17.8. The van der Waals surface area contributed by atoms with Gasteiger partial charge in [-0.05, 0) is 84.9 Å². The molecule has 7 aromatic carbocycles. The van der Waals surface area contributed by atoms with Crippen LogP contribution in [0.5, 0.6) is 0 Å². The first-order chi connectivity index (χ1) is 38.5. The fourth-order valence-corrected chi connectivity index (χ4v) is 8.51. The Morgan fingerprint density at radius 3 is 0.873 bits per heavy atom. The summed E-state index contributed by atoms with van der Waals surface area (Å²) in [5.41, 5.74) is 0.326. The van der Waals surface area contributed by atoms with Crippen molar-refractivity contribution in [1.82, 2.24) is 0 Å². The summed E-state index contributed by atoms with van der Waals surface area (Å²) in [6, 6.07) is 54.1. The van der Waals surface area contributed by atoms with Crippen molar-refractivity contribution in [2.24, 2.45) is 0 Å². The summed E-state index contributed by atoms with van der Waals surface area (Å²) in [7, 11) is 0. The van der Waals surface area contributed by atoms with Gasteiger partial charge in [-0.15, -0.1) is 0 Å². The van der Waals surface area contributed by atoms with Gasteiger partial charge >= 0.3 is 41.8 Å². The molecule has 0 bridgehead atoms. The van der Waals surface area contributed by atoms with Crippen LogP contribution in [0.15, 0.2) is 212 Å². The fourth-order valence-electron chi connectivity index (χ4n) is 8.51. The second-order valence-corrected chi connectivity index (χ2v) is 17.8. The van der Waals surface area contributed by atoms with E-state index in [1.807, 2.05) is 0 Å². The van der Waals surface area contributed by atoms with Crippen LogP contribution in [-0.2, 0) is 47.4 Å². The van der Waals surface area contributed by atoms with Gasteiger partial charge in [-0.2, -0.15) is 0 Å². The molecule has 2 aliphatic rings. The van der Waals surface area contributed by atoms with Crippen LogP contribution < -0.4 is 0 Å². The lowest BCUT2D eigenvalue weighted by Gasteiger charge is -2.47. The minimum Gasteiger partial charge on any atom is -0.459 e. The first-order valence-corrected chi connectivity index (χ1v) is 24.9. The Hall–Kier alpha value is -9.33. The SMILES string of the molecule is O=C(OC[C@H]1O[C@H](O[C@@H]2O[C@H](COC(=O)c3ccccc3)[C@H](OC(=O)c3ccccc3)[C@H](OC(=O)c3ccccc3)[C@H]2OC(=O)c2ccccc2)[C@H](OC(=O)c2ccccc2)[C@@H](OC(=O)c2ccccc2)[C@@H]1O)c1ccccc1. The third-order valence-corrected chi connectivity index (χ3v) is 12.5. The Morgan fingerprint density at radius 1 is 0.304 bits per heavy atom. The van der Waals surface area contributed by atoms with E-state index in [9.17, 15) is 38.7 Å². The number of rotatable bonds is 18. The monoisotopic (exact) mass is 1070 g/mol. The van der Waals surface area contributed by atoms with Crippen molar-refractivity contribution in [3.05, 3.63) is 251 Å². The molecule has 0 radical (unpaired) electrons. The van der Waals surface area contributed by atoms with Crippen molar-refractivity contribution < 1.29 is 86.0 Å². The average molecular weight is 1070 g/mol. The Morgan fingerprint density at radius 2 is 0.544 bits per heavy atom. The van der Waals surface area contributed by atoms with Gasteiger partial charge in [0.2, 0.25) is 12.6 Å². The average Bonchev–Trinajstić information content (AvgIpc) is 3.58. The van der Waals surface area contributed by atoms with Gasteiger partial charge in [0.25, 0.3) is 0 Å². The number of aliphatic hydroxyl groups is 1. The largest absolute Gasteiger partial charge is 0.459 e. The molecule has 0 amide bonds. The molecule has 7 aromatic rings. The Balaban J connectivity index is 1.16. The molecular weight excluding hydrogens is 1020 g/mol. The smallest absolute Gasteiger partial charge is 0.338 e. The molecule has 0 spiro atoms. The molecule has 0 unspecified atom stereocenters. The van der Waals surface area contributed by atoms with E-state index in [0.717, 1.165) is 0 Å². The highest BCUT2D eigenvalue weighted by atomic mass is 16.8. The number of carbonyl (C=O) groups is 7. The molecule has 0 saturated carbocycles. The fraction of sp³-hybridized carbons (Fsp3) is 0.197. The number of hydrogen-bond acceptors (Lipinski definition) is 18. The lowest BCUT2D eigenvalue weighted by molar-refractivity contribution is -0.373. The Bertz CT molecular complexity index is 3170. The van der Waals surface area contributed by atoms with Crippen LogP contribution in [-0.4, -0.2) is 122 Å². The van der Waals surface area contributed by atoms with Gasteiger partial charge in [0.05, 0.1) is 38.9 Å². The maximum absolute atomic E-state index is 14.4. The van der Waals surface area contributed by atoms with E-state index in [2.05, 4.69) is 0 Å². The van der Waals surface area contributed by atoms with Crippen LogP contribution in [0.1, 0.15) is 72.5 Å². The molecule has 2 aliphatic heterocycles. The number of benzene rings is 7. The van der Waals surface area contributed by atoms with Crippen LogP contribution in [0.3, 0.4) is 0 Å². The van der Waals surface area contributed by atoms with E-state index in [4.69, 9.17) is 47.4 Å². The number of ether oxygens (including phenoxy) is 10. The third-order valence-electron chi connectivity index (χ3n) is 12.5. The van der Waals surface area contributed by atoms with Crippen LogP contribution >= 0.6 is 0 Å². The van der Waals surface area contributed by atoms with Crippen molar-refractivity contribution in [2.45, 2.75) is 61.4 Å². The molecule has 79 heavy (non-hydrogen) atoms.